The van der Waals surface area contributed by atoms with Crippen molar-refractivity contribution in [3.63, 3.8) is 0 Å². The van der Waals surface area contributed by atoms with Crippen molar-refractivity contribution in [3.05, 3.63) is 30.1 Å². The Kier molecular flexibility index (Phi) is 5.80. The Balaban J connectivity index is 2.76. The van der Waals surface area contributed by atoms with Crippen molar-refractivity contribution in [1.29, 1.82) is 0 Å². The van der Waals surface area contributed by atoms with Gasteiger partial charge >= 0.3 is 0 Å². The first-order valence-electron chi connectivity index (χ1n) is 7.09. The summed E-state index contributed by atoms with van der Waals surface area (Å²) < 4.78 is 0. The second-order valence-electron chi connectivity index (χ2n) is 6.28. The number of nitrogens with zero attached hydrogens (tertiary/aromatic N) is 1. The molecule has 18 heavy (non-hydrogen) atoms. The molecule has 0 radical (unpaired) electrons. The van der Waals surface area contributed by atoms with E-state index in [1.165, 1.54) is 18.4 Å². The molecular formula is C16H28N2. The van der Waals surface area contributed by atoms with E-state index in [0.29, 0.717) is 11.8 Å². The summed E-state index contributed by atoms with van der Waals surface area (Å²) in [6, 6.07) is 4.31. The predicted octanol–water partition coefficient (Wildman–Crippen LogP) is 3.99. The molecule has 102 valence electrons. The van der Waals surface area contributed by atoms with Gasteiger partial charge in [0.15, 0.2) is 0 Å². The second-order valence-corrected chi connectivity index (χ2v) is 6.28. The van der Waals surface area contributed by atoms with Gasteiger partial charge in [0.1, 0.15) is 0 Å². The van der Waals surface area contributed by atoms with Crippen LogP contribution in [0.25, 0.3) is 0 Å². The molecule has 0 fully saturated rings. The Morgan fingerprint density at radius 3 is 2.33 bits per heavy atom. The van der Waals surface area contributed by atoms with Crippen LogP contribution >= 0.6 is 0 Å². The van der Waals surface area contributed by atoms with Crippen LogP contribution in [0.5, 0.6) is 0 Å². The number of nitrogens with one attached hydrogen (secondary N) is 1. The molecule has 1 aromatic heterocycles. The summed E-state index contributed by atoms with van der Waals surface area (Å²) in [6.45, 7) is 12.3. The minimum absolute atomic E-state index is 0.178. The first-order valence-corrected chi connectivity index (χ1v) is 7.09. The summed E-state index contributed by atoms with van der Waals surface area (Å²) in [4.78, 5) is 4.12. The summed E-state index contributed by atoms with van der Waals surface area (Å²) in [5, 5.41) is 3.64. The molecule has 1 N–H and O–H groups in total. The van der Waals surface area contributed by atoms with Crippen molar-refractivity contribution in [3.8, 4) is 0 Å². The van der Waals surface area contributed by atoms with Gasteiger partial charge in [-0.1, -0.05) is 26.7 Å². The average molecular weight is 248 g/mol. The Labute approximate surface area is 112 Å². The van der Waals surface area contributed by atoms with Crippen LogP contribution in [0.3, 0.4) is 0 Å². The number of hydrogen-bond acceptors (Lipinski definition) is 2. The van der Waals surface area contributed by atoms with Crippen LogP contribution in [0.2, 0.25) is 0 Å². The molecule has 2 nitrogen and oxygen atoms in total. The third-order valence-electron chi connectivity index (χ3n) is 3.42. The largest absolute Gasteiger partial charge is 0.311 e. The first-order chi connectivity index (χ1) is 8.44. The molecule has 0 bridgehead atoms. The zero-order valence-electron chi connectivity index (χ0n) is 12.5. The lowest BCUT2D eigenvalue weighted by Gasteiger charge is -2.29. The Bertz CT molecular complexity index is 327. The van der Waals surface area contributed by atoms with E-state index in [-0.39, 0.29) is 5.54 Å². The van der Waals surface area contributed by atoms with Crippen LogP contribution in [0.1, 0.15) is 58.9 Å². The standard InChI is InChI=1S/C16H28N2/c1-6-7-13(2)15(12-18-16(3,4)5)14-8-10-17-11-9-14/h8-11,13,15,18H,6-7,12H2,1-5H3. The smallest absolute Gasteiger partial charge is 0.0270 e. The van der Waals surface area contributed by atoms with Crippen molar-refractivity contribution >= 4 is 0 Å². The molecule has 2 heteroatoms. The SMILES string of the molecule is CCCC(C)C(CNC(C)(C)C)c1ccncc1. The van der Waals surface area contributed by atoms with Crippen molar-refractivity contribution in [2.24, 2.45) is 5.92 Å². The number of pyridine rings is 1. The maximum Gasteiger partial charge on any atom is 0.0270 e. The number of rotatable bonds is 6. The van der Waals surface area contributed by atoms with Crippen LogP contribution in [-0.4, -0.2) is 17.1 Å². The van der Waals surface area contributed by atoms with Crippen LogP contribution in [0.15, 0.2) is 24.5 Å². The quantitative estimate of drug-likeness (QED) is 0.823. The maximum absolute atomic E-state index is 4.12. The highest BCUT2D eigenvalue weighted by molar-refractivity contribution is 5.17. The van der Waals surface area contributed by atoms with Gasteiger partial charge < -0.3 is 5.32 Å². The molecule has 0 saturated heterocycles. The van der Waals surface area contributed by atoms with Crippen molar-refractivity contribution in [2.75, 3.05) is 6.54 Å². The monoisotopic (exact) mass is 248 g/mol. The Morgan fingerprint density at radius 2 is 1.83 bits per heavy atom. The highest BCUT2D eigenvalue weighted by Crippen LogP contribution is 2.27. The fourth-order valence-corrected chi connectivity index (χ4v) is 2.33. The highest BCUT2D eigenvalue weighted by Gasteiger charge is 2.20. The molecule has 0 saturated carbocycles. The third kappa shape index (κ3) is 5.18. The van der Waals surface area contributed by atoms with Crippen molar-refractivity contribution < 1.29 is 0 Å². The zero-order chi connectivity index (χ0) is 13.6. The number of aromatic nitrogens is 1. The molecular weight excluding hydrogens is 220 g/mol. The molecule has 0 aliphatic heterocycles. The van der Waals surface area contributed by atoms with E-state index < -0.39 is 0 Å². The molecule has 1 aromatic rings. The van der Waals surface area contributed by atoms with Crippen LogP contribution in [0, 0.1) is 5.92 Å². The molecule has 0 aliphatic rings. The van der Waals surface area contributed by atoms with E-state index in [4.69, 9.17) is 0 Å². The van der Waals surface area contributed by atoms with Crippen molar-refractivity contribution in [2.45, 2.75) is 58.9 Å². The second kappa shape index (κ2) is 6.89. The summed E-state index contributed by atoms with van der Waals surface area (Å²) in [5.41, 5.74) is 1.58. The Morgan fingerprint density at radius 1 is 1.22 bits per heavy atom. The topological polar surface area (TPSA) is 24.9 Å². The van der Waals surface area contributed by atoms with E-state index in [1.807, 2.05) is 12.4 Å². The lowest BCUT2D eigenvalue weighted by molar-refractivity contribution is 0.348. The summed E-state index contributed by atoms with van der Waals surface area (Å²) in [6.07, 6.45) is 6.33. The lowest BCUT2D eigenvalue weighted by atomic mass is 9.84. The van der Waals surface area contributed by atoms with Gasteiger partial charge in [-0.2, -0.15) is 0 Å². The van der Waals surface area contributed by atoms with Gasteiger partial charge in [-0.25, -0.2) is 0 Å². The minimum Gasteiger partial charge on any atom is -0.311 e. The molecule has 1 heterocycles. The zero-order valence-corrected chi connectivity index (χ0v) is 12.5. The van der Waals surface area contributed by atoms with Gasteiger partial charge in [0, 0.05) is 24.5 Å². The van der Waals surface area contributed by atoms with Gasteiger partial charge in [0.2, 0.25) is 0 Å². The third-order valence-corrected chi connectivity index (χ3v) is 3.42. The molecule has 0 aliphatic carbocycles. The maximum atomic E-state index is 4.12. The fourth-order valence-electron chi connectivity index (χ4n) is 2.33. The fraction of sp³-hybridized carbons (Fsp3) is 0.688. The summed E-state index contributed by atoms with van der Waals surface area (Å²) in [7, 11) is 0. The highest BCUT2D eigenvalue weighted by atomic mass is 14.9. The molecule has 0 amide bonds. The molecule has 0 aromatic carbocycles. The van der Waals surface area contributed by atoms with Gasteiger partial charge in [0.05, 0.1) is 0 Å². The van der Waals surface area contributed by atoms with Gasteiger partial charge in [-0.15, -0.1) is 0 Å². The van der Waals surface area contributed by atoms with Crippen LogP contribution < -0.4 is 5.32 Å². The van der Waals surface area contributed by atoms with Crippen LogP contribution in [0.4, 0.5) is 0 Å². The van der Waals surface area contributed by atoms with Gasteiger partial charge in [-0.3, -0.25) is 4.98 Å². The van der Waals surface area contributed by atoms with Crippen LogP contribution in [-0.2, 0) is 0 Å². The molecule has 0 spiro atoms. The van der Waals surface area contributed by atoms with E-state index >= 15 is 0 Å². The molecule has 2 unspecified atom stereocenters. The van der Waals surface area contributed by atoms with E-state index in [1.54, 1.807) is 0 Å². The van der Waals surface area contributed by atoms with E-state index in [0.717, 1.165) is 6.54 Å². The summed E-state index contributed by atoms with van der Waals surface area (Å²) >= 11 is 0. The summed E-state index contributed by atoms with van der Waals surface area (Å²) in [5.74, 6) is 1.28. The molecule has 2 atom stereocenters. The average Bonchev–Trinajstić information content (AvgIpc) is 2.29. The van der Waals surface area contributed by atoms with Gasteiger partial charge in [-0.05, 0) is 50.3 Å². The van der Waals surface area contributed by atoms with Gasteiger partial charge in [0.25, 0.3) is 0 Å². The predicted molar refractivity (Wildman–Crippen MR) is 78.8 cm³/mol. The minimum atomic E-state index is 0.178. The van der Waals surface area contributed by atoms with E-state index in [2.05, 4.69) is 57.1 Å². The van der Waals surface area contributed by atoms with E-state index in [9.17, 15) is 0 Å². The first kappa shape index (κ1) is 15.2. The normalized spacial score (nSPS) is 15.4. The van der Waals surface area contributed by atoms with Crippen molar-refractivity contribution in [1.82, 2.24) is 10.3 Å². The Hall–Kier alpha value is -0.890. The number of hydrogen-bond donors (Lipinski definition) is 1. The lowest BCUT2D eigenvalue weighted by Crippen LogP contribution is -2.39. The molecule has 1 rings (SSSR count).